The van der Waals surface area contributed by atoms with Gasteiger partial charge in [0.2, 0.25) is 20.0 Å². The Hall–Kier alpha value is -1.59. The molecule has 132 valence electrons. The molecule has 11 heteroatoms. The Labute approximate surface area is 145 Å². The van der Waals surface area contributed by atoms with Crippen LogP contribution in [0, 0.1) is 0 Å². The maximum Gasteiger partial charge on any atom is 0.243 e. The van der Waals surface area contributed by atoms with Gasteiger partial charge in [-0.05, 0) is 19.1 Å². The van der Waals surface area contributed by atoms with Gasteiger partial charge in [0.25, 0.3) is 0 Å². The van der Waals surface area contributed by atoms with E-state index < -0.39 is 29.8 Å². The summed E-state index contributed by atoms with van der Waals surface area (Å²) in [5.41, 5.74) is -0.120. The van der Waals surface area contributed by atoms with Crippen LogP contribution < -0.4 is 9.86 Å². The summed E-state index contributed by atoms with van der Waals surface area (Å²) < 4.78 is 49.9. The Balaban J connectivity index is 3.57. The van der Waals surface area contributed by atoms with Crippen LogP contribution in [-0.4, -0.2) is 35.4 Å². The van der Waals surface area contributed by atoms with Crippen molar-refractivity contribution in [3.8, 4) is 0 Å². The van der Waals surface area contributed by atoms with Gasteiger partial charge in [0.15, 0.2) is 0 Å². The Morgan fingerprint density at radius 2 is 1.96 bits per heavy atom. The number of nitrogens with two attached hydrogens (primary N) is 1. The van der Waals surface area contributed by atoms with E-state index in [1.54, 1.807) is 0 Å². The van der Waals surface area contributed by atoms with E-state index in [2.05, 4.69) is 16.3 Å². The minimum Gasteiger partial charge on any atom is -0.300 e. The topological polar surface area (TPSA) is 136 Å². The number of rotatable bonds is 8. The molecule has 0 aliphatic carbocycles. The smallest absolute Gasteiger partial charge is 0.243 e. The van der Waals surface area contributed by atoms with Gasteiger partial charge in [-0.3, -0.25) is 9.79 Å². The number of nitrogens with zero attached hydrogens (tertiary/aromatic N) is 1. The molecule has 0 aromatic heterocycles. The van der Waals surface area contributed by atoms with Crippen LogP contribution in [0.1, 0.15) is 13.3 Å². The number of carbonyl (C=O) groups is 1. The number of benzene rings is 1. The fourth-order valence-electron chi connectivity index (χ4n) is 1.58. The third kappa shape index (κ3) is 5.49. The molecule has 0 radical (unpaired) electrons. The fourth-order valence-corrected chi connectivity index (χ4v) is 3.90. The lowest BCUT2D eigenvalue weighted by atomic mass is 10.3. The second kappa shape index (κ2) is 7.99. The zero-order chi connectivity index (χ0) is 18.5. The predicted octanol–water partition coefficient (Wildman–Crippen LogP) is 1.13. The van der Waals surface area contributed by atoms with Crippen molar-refractivity contribution >= 4 is 49.3 Å². The van der Waals surface area contributed by atoms with Crippen LogP contribution in [0.15, 0.2) is 39.6 Å². The molecule has 0 spiro atoms. The number of primary sulfonamides is 1. The van der Waals surface area contributed by atoms with Gasteiger partial charge >= 0.3 is 0 Å². The summed E-state index contributed by atoms with van der Waals surface area (Å²) in [6.07, 6.45) is 2.50. The molecule has 24 heavy (non-hydrogen) atoms. The lowest BCUT2D eigenvalue weighted by Gasteiger charge is -2.11. The molecule has 0 fully saturated rings. The monoisotopic (exact) mass is 393 g/mol. The highest BCUT2D eigenvalue weighted by Gasteiger charge is 2.24. The molecular formula is C13H16ClN3O5S2. The normalized spacial score (nSPS) is 12.5. The SMILES string of the molecule is C=CCNS(=O)(=O)c1cc(S(N)(=O)=O)c(Cl)cc1N=CCC(C)=O. The molecular weight excluding hydrogens is 378 g/mol. The van der Waals surface area contributed by atoms with Crippen LogP contribution in [0.5, 0.6) is 0 Å². The molecule has 0 heterocycles. The molecule has 8 nitrogen and oxygen atoms in total. The van der Waals surface area contributed by atoms with Gasteiger partial charge in [-0.25, -0.2) is 26.7 Å². The van der Waals surface area contributed by atoms with Crippen LogP contribution in [0.25, 0.3) is 0 Å². The van der Waals surface area contributed by atoms with Crippen molar-refractivity contribution in [1.82, 2.24) is 4.72 Å². The molecule has 0 aliphatic heterocycles. The number of aliphatic imine (C=N–C) groups is 1. The number of Topliss-reactive ketones (excluding diaryl/α,β-unsaturated/α-hetero) is 1. The van der Waals surface area contributed by atoms with E-state index in [-0.39, 0.29) is 29.5 Å². The van der Waals surface area contributed by atoms with Gasteiger partial charge in [-0.15, -0.1) is 6.58 Å². The van der Waals surface area contributed by atoms with Crippen LogP contribution in [-0.2, 0) is 24.8 Å². The fraction of sp³-hybridized carbons (Fsp3) is 0.231. The molecule has 0 saturated carbocycles. The molecule has 0 atom stereocenters. The van der Waals surface area contributed by atoms with Crippen molar-refractivity contribution in [3.63, 3.8) is 0 Å². The number of ketones is 1. The van der Waals surface area contributed by atoms with E-state index in [0.717, 1.165) is 12.1 Å². The van der Waals surface area contributed by atoms with E-state index >= 15 is 0 Å². The third-order valence-electron chi connectivity index (χ3n) is 2.64. The highest BCUT2D eigenvalue weighted by atomic mass is 35.5. The molecule has 0 bridgehead atoms. The van der Waals surface area contributed by atoms with Crippen molar-refractivity contribution in [2.24, 2.45) is 10.1 Å². The van der Waals surface area contributed by atoms with E-state index in [0.29, 0.717) is 0 Å². The van der Waals surface area contributed by atoms with Crippen LogP contribution >= 0.6 is 11.6 Å². The lowest BCUT2D eigenvalue weighted by molar-refractivity contribution is -0.115. The molecule has 1 rings (SSSR count). The molecule has 1 aromatic rings. The summed E-state index contributed by atoms with van der Waals surface area (Å²) in [7, 11) is -8.34. The molecule has 0 aliphatic rings. The number of halogens is 1. The third-order valence-corrected chi connectivity index (χ3v) is 5.46. The quantitative estimate of drug-likeness (QED) is 0.504. The maximum atomic E-state index is 12.3. The first-order chi connectivity index (χ1) is 11.0. The zero-order valence-corrected chi connectivity index (χ0v) is 15.1. The average Bonchev–Trinajstić information content (AvgIpc) is 2.43. The first kappa shape index (κ1) is 20.5. The zero-order valence-electron chi connectivity index (χ0n) is 12.7. The molecule has 0 saturated heterocycles. The summed E-state index contributed by atoms with van der Waals surface area (Å²) >= 11 is 5.85. The molecule has 3 N–H and O–H groups in total. The van der Waals surface area contributed by atoms with Gasteiger partial charge in [0, 0.05) is 19.2 Å². The number of hydrogen-bond donors (Lipinski definition) is 2. The van der Waals surface area contributed by atoms with Gasteiger partial charge in [-0.2, -0.15) is 0 Å². The minimum absolute atomic E-state index is 0.0197. The maximum absolute atomic E-state index is 12.3. The van der Waals surface area contributed by atoms with Gasteiger partial charge in [0.1, 0.15) is 15.6 Å². The number of carbonyl (C=O) groups excluding carboxylic acids is 1. The van der Waals surface area contributed by atoms with Crippen molar-refractivity contribution in [2.45, 2.75) is 23.1 Å². The Morgan fingerprint density at radius 3 is 2.46 bits per heavy atom. The highest BCUT2D eigenvalue weighted by Crippen LogP contribution is 2.32. The Morgan fingerprint density at radius 1 is 1.33 bits per heavy atom. The van der Waals surface area contributed by atoms with Crippen LogP contribution in [0.2, 0.25) is 5.02 Å². The molecule has 1 aromatic carbocycles. The summed E-state index contributed by atoms with van der Waals surface area (Å²) in [5, 5.41) is 4.75. The summed E-state index contributed by atoms with van der Waals surface area (Å²) in [6.45, 7) is 4.65. The van der Waals surface area contributed by atoms with Gasteiger partial charge < -0.3 is 0 Å². The number of sulfonamides is 2. The Bertz CT molecular complexity index is 892. The van der Waals surface area contributed by atoms with Crippen molar-refractivity contribution in [1.29, 1.82) is 0 Å². The van der Waals surface area contributed by atoms with Crippen molar-refractivity contribution < 1.29 is 21.6 Å². The first-order valence-corrected chi connectivity index (χ1v) is 9.88. The average molecular weight is 394 g/mol. The van der Waals surface area contributed by atoms with Crippen LogP contribution in [0.4, 0.5) is 5.69 Å². The van der Waals surface area contributed by atoms with Crippen molar-refractivity contribution in [2.75, 3.05) is 6.54 Å². The summed E-state index contributed by atoms with van der Waals surface area (Å²) in [6, 6.07) is 1.88. The van der Waals surface area contributed by atoms with E-state index in [1.165, 1.54) is 19.2 Å². The summed E-state index contributed by atoms with van der Waals surface area (Å²) in [5.74, 6) is -0.180. The minimum atomic E-state index is -4.24. The largest absolute Gasteiger partial charge is 0.300 e. The van der Waals surface area contributed by atoms with E-state index in [1.807, 2.05) is 0 Å². The van der Waals surface area contributed by atoms with E-state index in [4.69, 9.17) is 16.7 Å². The number of nitrogens with one attached hydrogen (secondary N) is 1. The Kier molecular flexibility index (Phi) is 6.81. The lowest BCUT2D eigenvalue weighted by Crippen LogP contribution is -2.24. The highest BCUT2D eigenvalue weighted by molar-refractivity contribution is 7.90. The number of hydrogen-bond acceptors (Lipinski definition) is 6. The first-order valence-electron chi connectivity index (χ1n) is 6.48. The predicted molar refractivity (Wildman–Crippen MR) is 91.7 cm³/mol. The summed E-state index contributed by atoms with van der Waals surface area (Å²) in [4.78, 5) is 13.9. The van der Waals surface area contributed by atoms with E-state index in [9.17, 15) is 21.6 Å². The van der Waals surface area contributed by atoms with Crippen LogP contribution in [0.3, 0.4) is 0 Å². The van der Waals surface area contributed by atoms with Gasteiger partial charge in [-0.1, -0.05) is 17.7 Å². The molecule has 0 unspecified atom stereocenters. The second-order valence-electron chi connectivity index (χ2n) is 4.65. The standard InChI is InChI=1S/C13H16ClN3O5S2/c1-3-5-17-24(21,22)13-8-12(23(15,19)20)10(14)7-11(13)16-6-4-9(2)18/h3,6-8,17H,1,4-5H2,2H3,(H2,15,19,20). The molecule has 0 amide bonds. The van der Waals surface area contributed by atoms with Gasteiger partial charge in [0.05, 0.1) is 10.7 Å². The second-order valence-corrected chi connectivity index (χ2v) is 8.33. The van der Waals surface area contributed by atoms with Crippen molar-refractivity contribution in [3.05, 3.63) is 29.8 Å².